The zero-order chi connectivity index (χ0) is 8.27. The largest absolute Gasteiger partial charge is 0.126 e. The van der Waals surface area contributed by atoms with E-state index in [0.717, 1.165) is 17.0 Å². The van der Waals surface area contributed by atoms with Gasteiger partial charge in [-0.3, -0.25) is 0 Å². The summed E-state index contributed by atoms with van der Waals surface area (Å²) in [6.45, 7) is 1.99. The van der Waals surface area contributed by atoms with Crippen molar-refractivity contribution in [1.82, 2.24) is 0 Å². The molecule has 2 heteroatoms. The van der Waals surface area contributed by atoms with E-state index in [4.69, 9.17) is 23.2 Å². The molecule has 11 heavy (non-hydrogen) atoms. The van der Waals surface area contributed by atoms with E-state index >= 15 is 0 Å². The van der Waals surface area contributed by atoms with Crippen LogP contribution in [0.25, 0.3) is 0 Å². The second-order valence-electron chi connectivity index (χ2n) is 2.52. The number of halogens is 2. The molecule has 0 aliphatic rings. The fraction of sp³-hybridized carbons (Fsp3) is 0.333. The lowest BCUT2D eigenvalue weighted by atomic mass is 10.1. The van der Waals surface area contributed by atoms with Gasteiger partial charge in [0.1, 0.15) is 0 Å². The van der Waals surface area contributed by atoms with Crippen LogP contribution >= 0.6 is 23.2 Å². The van der Waals surface area contributed by atoms with E-state index < -0.39 is 0 Å². The molecule has 0 nitrogen and oxygen atoms in total. The molecule has 0 radical (unpaired) electrons. The number of hydrogen-bond donors (Lipinski definition) is 0. The summed E-state index contributed by atoms with van der Waals surface area (Å²) >= 11 is 11.5. The Morgan fingerprint density at radius 3 is 2.64 bits per heavy atom. The first-order valence-electron chi connectivity index (χ1n) is 3.55. The molecule has 0 aliphatic carbocycles. The molecule has 1 aromatic rings. The summed E-state index contributed by atoms with van der Waals surface area (Å²) in [7, 11) is 0. The summed E-state index contributed by atoms with van der Waals surface area (Å²) in [5.74, 6) is 0.652. The third-order valence-electron chi connectivity index (χ3n) is 1.62. The van der Waals surface area contributed by atoms with Crippen LogP contribution in [0.3, 0.4) is 0 Å². The summed E-state index contributed by atoms with van der Waals surface area (Å²) in [4.78, 5) is 0. The summed E-state index contributed by atoms with van der Waals surface area (Å²) < 4.78 is 0. The summed E-state index contributed by atoms with van der Waals surface area (Å²) in [5, 5.41) is 0.826. The van der Waals surface area contributed by atoms with Crippen molar-refractivity contribution in [2.75, 3.05) is 5.88 Å². The molecule has 0 aromatic heterocycles. The van der Waals surface area contributed by atoms with Gasteiger partial charge in [0.15, 0.2) is 0 Å². The van der Waals surface area contributed by atoms with E-state index in [0.29, 0.717) is 5.88 Å². The summed E-state index contributed by atoms with van der Waals surface area (Å²) in [6.07, 6.45) is 0.890. The lowest BCUT2D eigenvalue weighted by molar-refractivity contribution is 1.14. The van der Waals surface area contributed by atoms with Crippen LogP contribution < -0.4 is 0 Å². The Bertz CT molecular complexity index is 243. The number of alkyl halides is 1. The average Bonchev–Trinajstić information content (AvgIpc) is 1.98. The van der Waals surface area contributed by atoms with E-state index in [1.165, 1.54) is 5.56 Å². The van der Waals surface area contributed by atoms with E-state index in [-0.39, 0.29) is 0 Å². The molecule has 0 spiro atoms. The van der Waals surface area contributed by atoms with Crippen molar-refractivity contribution in [3.05, 3.63) is 34.3 Å². The van der Waals surface area contributed by atoms with Crippen LogP contribution in [0.15, 0.2) is 18.2 Å². The zero-order valence-electron chi connectivity index (χ0n) is 6.40. The predicted octanol–water partition coefficient (Wildman–Crippen LogP) is 3.43. The maximum Gasteiger partial charge on any atom is 0.0437 e. The molecular weight excluding hydrogens is 179 g/mol. The molecule has 1 aromatic carbocycles. The van der Waals surface area contributed by atoms with Crippen LogP contribution in [0.4, 0.5) is 0 Å². The Balaban J connectivity index is 2.86. The van der Waals surface area contributed by atoms with Gasteiger partial charge in [-0.15, -0.1) is 11.6 Å². The van der Waals surface area contributed by atoms with E-state index in [9.17, 15) is 0 Å². The first-order valence-corrected chi connectivity index (χ1v) is 4.46. The lowest BCUT2D eigenvalue weighted by Gasteiger charge is -2.00. The molecule has 0 fully saturated rings. The quantitative estimate of drug-likeness (QED) is 0.625. The maximum absolute atomic E-state index is 5.91. The molecule has 0 saturated carbocycles. The Labute approximate surface area is 77.1 Å². The van der Waals surface area contributed by atoms with Gasteiger partial charge in [0, 0.05) is 10.9 Å². The van der Waals surface area contributed by atoms with Crippen molar-refractivity contribution >= 4 is 23.2 Å². The highest BCUT2D eigenvalue weighted by Crippen LogP contribution is 2.16. The topological polar surface area (TPSA) is 0 Å². The van der Waals surface area contributed by atoms with Gasteiger partial charge >= 0.3 is 0 Å². The molecule has 1 rings (SSSR count). The number of aryl methyl sites for hydroxylation is 2. The van der Waals surface area contributed by atoms with Crippen molar-refractivity contribution < 1.29 is 0 Å². The Morgan fingerprint density at radius 1 is 1.36 bits per heavy atom. The standard InChI is InChI=1S/C9H10Cl2/c1-7-2-3-8(4-5-10)6-9(7)11/h2-3,6H,4-5H2,1H3. The molecular formula is C9H10Cl2. The molecule has 0 aliphatic heterocycles. The zero-order valence-corrected chi connectivity index (χ0v) is 7.91. The Hall–Kier alpha value is -0.200. The van der Waals surface area contributed by atoms with E-state index in [2.05, 4.69) is 6.07 Å². The Morgan fingerprint density at radius 2 is 2.09 bits per heavy atom. The van der Waals surface area contributed by atoms with Crippen LogP contribution in [0.2, 0.25) is 5.02 Å². The molecule has 0 heterocycles. The molecule has 0 unspecified atom stereocenters. The minimum Gasteiger partial charge on any atom is -0.126 e. The van der Waals surface area contributed by atoms with E-state index in [1.807, 2.05) is 19.1 Å². The van der Waals surface area contributed by atoms with Crippen LogP contribution in [0.5, 0.6) is 0 Å². The van der Waals surface area contributed by atoms with Crippen LogP contribution in [0.1, 0.15) is 11.1 Å². The van der Waals surface area contributed by atoms with Gasteiger partial charge < -0.3 is 0 Å². The number of benzene rings is 1. The highest BCUT2D eigenvalue weighted by molar-refractivity contribution is 6.31. The molecule has 0 atom stereocenters. The second kappa shape index (κ2) is 3.99. The smallest absolute Gasteiger partial charge is 0.0437 e. The fourth-order valence-electron chi connectivity index (χ4n) is 0.901. The minimum absolute atomic E-state index is 0.652. The maximum atomic E-state index is 5.91. The highest BCUT2D eigenvalue weighted by Gasteiger charge is 1.96. The van der Waals surface area contributed by atoms with Crippen LogP contribution in [-0.4, -0.2) is 5.88 Å². The normalized spacial score (nSPS) is 10.1. The fourth-order valence-corrected chi connectivity index (χ4v) is 1.32. The van der Waals surface area contributed by atoms with Gasteiger partial charge in [-0.25, -0.2) is 0 Å². The van der Waals surface area contributed by atoms with Crippen molar-refractivity contribution in [2.45, 2.75) is 13.3 Å². The first-order chi connectivity index (χ1) is 5.24. The molecule has 0 amide bonds. The van der Waals surface area contributed by atoms with Gasteiger partial charge in [0.2, 0.25) is 0 Å². The summed E-state index contributed by atoms with van der Waals surface area (Å²) in [5.41, 5.74) is 2.32. The van der Waals surface area contributed by atoms with Crippen molar-refractivity contribution in [3.63, 3.8) is 0 Å². The third-order valence-corrected chi connectivity index (χ3v) is 2.22. The monoisotopic (exact) mass is 188 g/mol. The SMILES string of the molecule is Cc1ccc(CCCl)cc1Cl. The Kier molecular flexibility index (Phi) is 3.22. The number of rotatable bonds is 2. The second-order valence-corrected chi connectivity index (χ2v) is 3.31. The summed E-state index contributed by atoms with van der Waals surface area (Å²) in [6, 6.07) is 6.05. The lowest BCUT2D eigenvalue weighted by Crippen LogP contribution is -1.86. The van der Waals surface area contributed by atoms with Crippen molar-refractivity contribution in [3.8, 4) is 0 Å². The van der Waals surface area contributed by atoms with Gasteiger partial charge in [0.05, 0.1) is 0 Å². The molecule has 0 bridgehead atoms. The first kappa shape index (κ1) is 8.89. The predicted molar refractivity (Wildman–Crippen MR) is 50.6 cm³/mol. The minimum atomic E-state index is 0.652. The van der Waals surface area contributed by atoms with Gasteiger partial charge in [-0.2, -0.15) is 0 Å². The average molecular weight is 189 g/mol. The molecule has 60 valence electrons. The van der Waals surface area contributed by atoms with E-state index in [1.54, 1.807) is 0 Å². The molecule has 0 N–H and O–H groups in total. The number of hydrogen-bond acceptors (Lipinski definition) is 0. The van der Waals surface area contributed by atoms with Crippen LogP contribution in [0, 0.1) is 6.92 Å². The van der Waals surface area contributed by atoms with Crippen molar-refractivity contribution in [2.24, 2.45) is 0 Å². The van der Waals surface area contributed by atoms with Crippen LogP contribution in [-0.2, 0) is 6.42 Å². The van der Waals surface area contributed by atoms with Crippen molar-refractivity contribution in [1.29, 1.82) is 0 Å². The molecule has 0 saturated heterocycles. The van der Waals surface area contributed by atoms with Gasteiger partial charge in [-0.05, 0) is 30.5 Å². The van der Waals surface area contributed by atoms with Gasteiger partial charge in [-0.1, -0.05) is 23.7 Å². The third kappa shape index (κ3) is 2.39. The highest BCUT2D eigenvalue weighted by atomic mass is 35.5. The van der Waals surface area contributed by atoms with Gasteiger partial charge in [0.25, 0.3) is 0 Å².